The summed E-state index contributed by atoms with van der Waals surface area (Å²) in [6, 6.07) is 1.92. The molecule has 0 bridgehead atoms. The third-order valence-electron chi connectivity index (χ3n) is 3.83. The van der Waals surface area contributed by atoms with Crippen molar-refractivity contribution in [2.24, 2.45) is 5.73 Å². The maximum absolute atomic E-state index is 12.8. The van der Waals surface area contributed by atoms with E-state index in [0.717, 1.165) is 29.7 Å². The highest BCUT2D eigenvalue weighted by Gasteiger charge is 2.36. The number of nitrogens with two attached hydrogens (primary N) is 1. The van der Waals surface area contributed by atoms with Crippen molar-refractivity contribution in [3.8, 4) is 0 Å². The van der Waals surface area contributed by atoms with Gasteiger partial charge < -0.3 is 5.73 Å². The molecule has 4 nitrogen and oxygen atoms in total. The summed E-state index contributed by atoms with van der Waals surface area (Å²) in [6.45, 7) is 6.31. The Kier molecular flexibility index (Phi) is 4.35. The second kappa shape index (κ2) is 5.52. The van der Waals surface area contributed by atoms with Gasteiger partial charge in [-0.3, -0.25) is 0 Å². The van der Waals surface area contributed by atoms with Gasteiger partial charge in [-0.2, -0.15) is 4.31 Å². The second-order valence-corrected chi connectivity index (χ2v) is 8.55. The molecule has 0 aliphatic carbocycles. The van der Waals surface area contributed by atoms with Crippen molar-refractivity contribution in [1.29, 1.82) is 0 Å². The summed E-state index contributed by atoms with van der Waals surface area (Å²) in [4.78, 5) is 0.955. The van der Waals surface area contributed by atoms with E-state index in [-0.39, 0.29) is 12.1 Å². The molecule has 1 aromatic heterocycles. The molecule has 0 aromatic carbocycles. The number of hydrogen-bond acceptors (Lipinski definition) is 4. The zero-order valence-electron chi connectivity index (χ0n) is 11.7. The van der Waals surface area contributed by atoms with Crippen molar-refractivity contribution in [2.75, 3.05) is 0 Å². The van der Waals surface area contributed by atoms with Gasteiger partial charge in [0.2, 0.25) is 0 Å². The van der Waals surface area contributed by atoms with Crippen LogP contribution in [-0.2, 0) is 16.6 Å². The smallest absolute Gasteiger partial charge is 0.253 e. The van der Waals surface area contributed by atoms with Gasteiger partial charge in [0.05, 0.1) is 0 Å². The predicted molar refractivity (Wildman–Crippen MR) is 78.7 cm³/mol. The minimum absolute atomic E-state index is 0.0810. The van der Waals surface area contributed by atoms with Crippen LogP contribution in [0.3, 0.4) is 0 Å². The Hall–Kier alpha value is -0.430. The Morgan fingerprint density at radius 1 is 1.37 bits per heavy atom. The molecule has 1 fully saturated rings. The maximum atomic E-state index is 12.8. The van der Waals surface area contributed by atoms with Crippen molar-refractivity contribution in [1.82, 2.24) is 4.31 Å². The topological polar surface area (TPSA) is 63.4 Å². The minimum atomic E-state index is -3.38. The van der Waals surface area contributed by atoms with Crippen LogP contribution in [0.5, 0.6) is 0 Å². The van der Waals surface area contributed by atoms with Gasteiger partial charge in [0, 0.05) is 23.5 Å². The van der Waals surface area contributed by atoms with Crippen LogP contribution >= 0.6 is 11.3 Å². The predicted octanol–water partition coefficient (Wildman–Crippen LogP) is 2.47. The highest BCUT2D eigenvalue weighted by molar-refractivity contribution is 7.91. The molecule has 2 heterocycles. The van der Waals surface area contributed by atoms with Crippen LogP contribution in [0.15, 0.2) is 10.3 Å². The third-order valence-corrected chi connectivity index (χ3v) is 7.66. The molecule has 2 N–H and O–H groups in total. The monoisotopic (exact) mass is 302 g/mol. The quantitative estimate of drug-likeness (QED) is 0.933. The lowest BCUT2D eigenvalue weighted by Gasteiger charge is -2.37. The number of aryl methyl sites for hydroxylation is 1. The molecule has 0 spiro atoms. The summed E-state index contributed by atoms with van der Waals surface area (Å²) < 4.78 is 27.7. The van der Waals surface area contributed by atoms with Crippen molar-refractivity contribution in [3.63, 3.8) is 0 Å². The number of thiophene rings is 1. The molecule has 108 valence electrons. The van der Waals surface area contributed by atoms with Gasteiger partial charge in [-0.05, 0) is 45.2 Å². The van der Waals surface area contributed by atoms with Gasteiger partial charge in [0.15, 0.2) is 0 Å². The van der Waals surface area contributed by atoms with Crippen LogP contribution in [0.1, 0.15) is 43.6 Å². The lowest BCUT2D eigenvalue weighted by atomic mass is 10.0. The average molecular weight is 302 g/mol. The van der Waals surface area contributed by atoms with E-state index in [4.69, 9.17) is 5.73 Å². The first-order valence-corrected chi connectivity index (χ1v) is 8.96. The fourth-order valence-corrected chi connectivity index (χ4v) is 6.25. The molecule has 0 amide bonds. The molecule has 1 aromatic rings. The van der Waals surface area contributed by atoms with Gasteiger partial charge in [0.1, 0.15) is 4.21 Å². The highest BCUT2D eigenvalue weighted by Crippen LogP contribution is 2.33. The van der Waals surface area contributed by atoms with Gasteiger partial charge >= 0.3 is 0 Å². The Labute approximate surface area is 119 Å². The zero-order chi connectivity index (χ0) is 14.2. The van der Waals surface area contributed by atoms with E-state index >= 15 is 0 Å². The molecule has 2 rings (SSSR count). The first kappa shape index (κ1) is 15.0. The molecule has 19 heavy (non-hydrogen) atoms. The number of hydrogen-bond donors (Lipinski definition) is 1. The Balaban J connectivity index is 2.40. The standard InChI is InChI=1S/C13H22N2O2S2/c1-9-7-13(18-12(9)8-14)19(16,17)15-10(2)5-4-6-11(15)3/h7,10-11H,4-6,8,14H2,1-3H3/t10-,11+. The van der Waals surface area contributed by atoms with Crippen molar-refractivity contribution in [3.05, 3.63) is 16.5 Å². The Morgan fingerprint density at radius 3 is 2.42 bits per heavy atom. The SMILES string of the molecule is Cc1cc(S(=O)(=O)N2[C@H](C)CCC[C@@H]2C)sc1CN. The summed E-state index contributed by atoms with van der Waals surface area (Å²) in [7, 11) is -3.38. The van der Waals surface area contributed by atoms with Crippen LogP contribution in [0, 0.1) is 6.92 Å². The number of sulfonamides is 1. The van der Waals surface area contributed by atoms with Gasteiger partial charge in [-0.15, -0.1) is 11.3 Å². The molecule has 1 aliphatic heterocycles. The Morgan fingerprint density at radius 2 is 1.95 bits per heavy atom. The lowest BCUT2D eigenvalue weighted by Crippen LogP contribution is -2.47. The molecular weight excluding hydrogens is 280 g/mol. The van der Waals surface area contributed by atoms with Crippen LogP contribution in [0.2, 0.25) is 0 Å². The van der Waals surface area contributed by atoms with E-state index in [2.05, 4.69) is 0 Å². The molecule has 0 radical (unpaired) electrons. The molecule has 1 saturated heterocycles. The average Bonchev–Trinajstić information content (AvgIpc) is 2.70. The molecule has 6 heteroatoms. The fourth-order valence-electron chi connectivity index (χ4n) is 2.79. The van der Waals surface area contributed by atoms with Crippen molar-refractivity contribution in [2.45, 2.75) is 62.9 Å². The molecule has 2 atom stereocenters. The number of rotatable bonds is 3. The summed E-state index contributed by atoms with van der Waals surface area (Å²) in [5.41, 5.74) is 6.62. The summed E-state index contributed by atoms with van der Waals surface area (Å²) in [5, 5.41) is 0. The Bertz CT molecular complexity index is 541. The molecular formula is C13H22N2O2S2. The van der Waals surface area contributed by atoms with Gasteiger partial charge in [-0.25, -0.2) is 8.42 Å². The van der Waals surface area contributed by atoms with E-state index in [1.807, 2.05) is 20.8 Å². The van der Waals surface area contributed by atoms with Crippen molar-refractivity contribution >= 4 is 21.4 Å². The largest absolute Gasteiger partial charge is 0.326 e. The third kappa shape index (κ3) is 2.72. The van der Waals surface area contributed by atoms with Crippen LogP contribution < -0.4 is 5.73 Å². The maximum Gasteiger partial charge on any atom is 0.253 e. The molecule has 1 aliphatic rings. The number of nitrogens with zero attached hydrogens (tertiary/aromatic N) is 1. The lowest BCUT2D eigenvalue weighted by molar-refractivity contribution is 0.204. The normalized spacial score (nSPS) is 25.7. The fraction of sp³-hybridized carbons (Fsp3) is 0.692. The summed E-state index contributed by atoms with van der Waals surface area (Å²) in [5.74, 6) is 0. The van der Waals surface area contributed by atoms with E-state index in [1.54, 1.807) is 10.4 Å². The van der Waals surface area contributed by atoms with Crippen LogP contribution in [-0.4, -0.2) is 24.8 Å². The summed E-state index contributed by atoms with van der Waals surface area (Å²) >= 11 is 1.31. The van der Waals surface area contributed by atoms with E-state index in [9.17, 15) is 8.42 Å². The van der Waals surface area contributed by atoms with Gasteiger partial charge in [0.25, 0.3) is 10.0 Å². The highest BCUT2D eigenvalue weighted by atomic mass is 32.2. The number of piperidine rings is 1. The van der Waals surface area contributed by atoms with Crippen LogP contribution in [0.25, 0.3) is 0 Å². The first-order valence-electron chi connectivity index (χ1n) is 6.71. The molecule has 0 saturated carbocycles. The first-order chi connectivity index (χ1) is 8.87. The minimum Gasteiger partial charge on any atom is -0.326 e. The van der Waals surface area contributed by atoms with E-state index < -0.39 is 10.0 Å². The second-order valence-electron chi connectivity index (χ2n) is 5.34. The summed E-state index contributed by atoms with van der Waals surface area (Å²) in [6.07, 6.45) is 2.99. The van der Waals surface area contributed by atoms with Crippen LogP contribution in [0.4, 0.5) is 0 Å². The van der Waals surface area contributed by atoms with E-state index in [0.29, 0.717) is 10.8 Å². The zero-order valence-corrected chi connectivity index (χ0v) is 13.4. The van der Waals surface area contributed by atoms with Crippen molar-refractivity contribution < 1.29 is 8.42 Å². The van der Waals surface area contributed by atoms with Gasteiger partial charge in [-0.1, -0.05) is 6.42 Å². The van der Waals surface area contributed by atoms with E-state index in [1.165, 1.54) is 11.3 Å². The molecule has 0 unspecified atom stereocenters.